The average Bonchev–Trinajstić information content (AvgIpc) is 2.74. The van der Waals surface area contributed by atoms with Gasteiger partial charge in [0.1, 0.15) is 12.4 Å². The van der Waals surface area contributed by atoms with Gasteiger partial charge in [0.05, 0.1) is 6.61 Å². The molecular weight excluding hydrogens is 503 g/mol. The van der Waals surface area contributed by atoms with Crippen LogP contribution in [0.1, 0.15) is 50.7 Å². The summed E-state index contributed by atoms with van der Waals surface area (Å²) in [5.74, 6) is 2.60. The van der Waals surface area contributed by atoms with Crippen molar-refractivity contribution in [3.05, 3.63) is 29.3 Å². The van der Waals surface area contributed by atoms with E-state index in [2.05, 4.69) is 52.6 Å². The zero-order chi connectivity index (χ0) is 21.6. The lowest BCUT2D eigenvalue weighted by atomic mass is 10.0. The van der Waals surface area contributed by atoms with E-state index in [0.29, 0.717) is 26.4 Å². The minimum Gasteiger partial charge on any atom is -0.491 e. The number of ether oxygens (including phenoxy) is 2. The normalized spacial score (nSPS) is 17.2. The highest BCUT2D eigenvalue weighted by Crippen LogP contribution is 2.20. The van der Waals surface area contributed by atoms with E-state index in [9.17, 15) is 0 Å². The summed E-state index contributed by atoms with van der Waals surface area (Å²) in [6, 6.07) is 6.32. The standard InChI is InChI=1S/C24H42N4O2.HI/c1-5-29-15-16-30-23-17-20(2)10-11-22(23)18-27-24(25-4)26-12-6-7-13-28-14-8-9-21(3)19-28;/h10-11,17,21H,5-9,12-16,18-19H2,1-4H3,(H2,25,26,27);1H. The van der Waals surface area contributed by atoms with E-state index < -0.39 is 0 Å². The molecule has 6 nitrogen and oxygen atoms in total. The number of guanidine groups is 1. The van der Waals surface area contributed by atoms with Gasteiger partial charge in [-0.15, -0.1) is 24.0 Å². The minimum atomic E-state index is 0. The molecule has 1 saturated heterocycles. The molecule has 0 saturated carbocycles. The van der Waals surface area contributed by atoms with Gasteiger partial charge in [0.25, 0.3) is 0 Å². The van der Waals surface area contributed by atoms with Gasteiger partial charge in [-0.2, -0.15) is 0 Å². The molecule has 2 N–H and O–H groups in total. The van der Waals surface area contributed by atoms with Gasteiger partial charge < -0.3 is 25.0 Å². The van der Waals surface area contributed by atoms with Crippen molar-refractivity contribution in [1.82, 2.24) is 15.5 Å². The molecule has 1 unspecified atom stereocenters. The van der Waals surface area contributed by atoms with Crippen LogP contribution in [0.5, 0.6) is 5.75 Å². The van der Waals surface area contributed by atoms with Crippen LogP contribution in [0.4, 0.5) is 0 Å². The smallest absolute Gasteiger partial charge is 0.191 e. The van der Waals surface area contributed by atoms with Crippen LogP contribution in [-0.2, 0) is 11.3 Å². The molecule has 1 aliphatic heterocycles. The van der Waals surface area contributed by atoms with Gasteiger partial charge in [0.15, 0.2) is 5.96 Å². The van der Waals surface area contributed by atoms with Crippen molar-refractivity contribution in [3.63, 3.8) is 0 Å². The zero-order valence-corrected chi connectivity index (χ0v) is 22.2. The number of piperidine rings is 1. The lowest BCUT2D eigenvalue weighted by molar-refractivity contribution is 0.110. The molecule has 1 aromatic carbocycles. The SMILES string of the molecule is CCOCCOc1cc(C)ccc1CNC(=NC)NCCCCN1CCCC(C)C1.I. The van der Waals surface area contributed by atoms with E-state index in [1.807, 2.05) is 14.0 Å². The third kappa shape index (κ3) is 11.4. The fraction of sp³-hybridized carbons (Fsp3) is 0.708. The number of likely N-dealkylation sites (tertiary alicyclic amines) is 1. The number of aryl methyl sites for hydroxylation is 1. The number of nitrogens with one attached hydrogen (secondary N) is 2. The first-order valence-electron chi connectivity index (χ1n) is 11.6. The van der Waals surface area contributed by atoms with Crippen LogP contribution in [0.25, 0.3) is 0 Å². The second-order valence-corrected chi connectivity index (χ2v) is 8.26. The molecule has 2 rings (SSSR count). The van der Waals surface area contributed by atoms with Crippen LogP contribution in [0.3, 0.4) is 0 Å². The van der Waals surface area contributed by atoms with E-state index >= 15 is 0 Å². The van der Waals surface area contributed by atoms with E-state index in [-0.39, 0.29) is 24.0 Å². The molecule has 0 aliphatic carbocycles. The van der Waals surface area contributed by atoms with Crippen molar-refractivity contribution >= 4 is 29.9 Å². The number of benzene rings is 1. The van der Waals surface area contributed by atoms with Crippen LogP contribution in [0.15, 0.2) is 23.2 Å². The van der Waals surface area contributed by atoms with E-state index in [0.717, 1.165) is 36.2 Å². The molecule has 0 bridgehead atoms. The summed E-state index contributed by atoms with van der Waals surface area (Å²) in [4.78, 5) is 6.97. The molecule has 1 aromatic rings. The summed E-state index contributed by atoms with van der Waals surface area (Å²) in [5.41, 5.74) is 2.31. The highest BCUT2D eigenvalue weighted by Gasteiger charge is 2.15. The molecule has 1 aliphatic rings. The summed E-state index contributed by atoms with van der Waals surface area (Å²) >= 11 is 0. The third-order valence-electron chi connectivity index (χ3n) is 5.52. The molecule has 1 atom stereocenters. The van der Waals surface area contributed by atoms with Crippen LogP contribution in [-0.4, -0.2) is 63.9 Å². The van der Waals surface area contributed by atoms with Crippen LogP contribution in [0.2, 0.25) is 0 Å². The number of hydrogen-bond acceptors (Lipinski definition) is 4. The topological polar surface area (TPSA) is 58.1 Å². The average molecular weight is 547 g/mol. The third-order valence-corrected chi connectivity index (χ3v) is 5.52. The Hall–Kier alpha value is -1.06. The number of halogens is 1. The maximum atomic E-state index is 5.93. The fourth-order valence-electron chi connectivity index (χ4n) is 3.85. The highest BCUT2D eigenvalue weighted by molar-refractivity contribution is 14.0. The maximum absolute atomic E-state index is 5.93. The first kappa shape index (κ1) is 28.0. The predicted octanol–water partition coefficient (Wildman–Crippen LogP) is 4.21. The number of nitrogens with zero attached hydrogens (tertiary/aromatic N) is 2. The number of hydrogen-bond donors (Lipinski definition) is 2. The first-order chi connectivity index (χ1) is 14.6. The second kappa shape index (κ2) is 16.6. The second-order valence-electron chi connectivity index (χ2n) is 8.26. The Labute approximate surface area is 206 Å². The quantitative estimate of drug-likeness (QED) is 0.178. The molecule has 1 heterocycles. The van der Waals surface area contributed by atoms with Crippen LogP contribution >= 0.6 is 24.0 Å². The van der Waals surface area contributed by atoms with E-state index in [1.54, 1.807) is 0 Å². The Balaban J connectivity index is 0.00000480. The van der Waals surface area contributed by atoms with Crippen molar-refractivity contribution in [2.45, 2.75) is 53.0 Å². The summed E-state index contributed by atoms with van der Waals surface area (Å²) in [5, 5.41) is 6.85. The number of rotatable bonds is 12. The zero-order valence-electron chi connectivity index (χ0n) is 19.9. The molecule has 178 valence electrons. The van der Waals surface area contributed by atoms with Crippen molar-refractivity contribution in [3.8, 4) is 5.75 Å². The first-order valence-corrected chi connectivity index (χ1v) is 11.6. The Morgan fingerprint density at radius 1 is 1.23 bits per heavy atom. The summed E-state index contributed by atoms with van der Waals surface area (Å²) in [6.45, 7) is 13.7. The molecule has 31 heavy (non-hydrogen) atoms. The Morgan fingerprint density at radius 3 is 2.81 bits per heavy atom. The molecule has 7 heteroatoms. The van der Waals surface area contributed by atoms with Gasteiger partial charge in [-0.1, -0.05) is 19.1 Å². The van der Waals surface area contributed by atoms with E-state index in [1.165, 1.54) is 44.5 Å². The molecular formula is C24H43IN4O2. The Kier molecular flexibility index (Phi) is 14.9. The molecule has 0 amide bonds. The van der Waals surface area contributed by atoms with Gasteiger partial charge in [0.2, 0.25) is 0 Å². The van der Waals surface area contributed by atoms with Gasteiger partial charge in [-0.05, 0) is 70.2 Å². The highest BCUT2D eigenvalue weighted by atomic mass is 127. The number of aliphatic imine (C=N–C) groups is 1. The Bertz CT molecular complexity index is 642. The van der Waals surface area contributed by atoms with Crippen molar-refractivity contribution in [2.24, 2.45) is 10.9 Å². The monoisotopic (exact) mass is 546 g/mol. The predicted molar refractivity (Wildman–Crippen MR) is 141 cm³/mol. The number of unbranched alkanes of at least 4 members (excludes halogenated alkanes) is 1. The van der Waals surface area contributed by atoms with Gasteiger partial charge in [0, 0.05) is 38.9 Å². The summed E-state index contributed by atoms with van der Waals surface area (Å²) < 4.78 is 11.3. The van der Waals surface area contributed by atoms with E-state index in [4.69, 9.17) is 9.47 Å². The Morgan fingerprint density at radius 2 is 2.06 bits per heavy atom. The van der Waals surface area contributed by atoms with Crippen molar-refractivity contribution in [2.75, 3.05) is 53.0 Å². The van der Waals surface area contributed by atoms with Gasteiger partial charge in [-0.3, -0.25) is 4.99 Å². The van der Waals surface area contributed by atoms with Crippen LogP contribution in [0, 0.1) is 12.8 Å². The van der Waals surface area contributed by atoms with Crippen molar-refractivity contribution < 1.29 is 9.47 Å². The van der Waals surface area contributed by atoms with Crippen molar-refractivity contribution in [1.29, 1.82) is 0 Å². The summed E-state index contributed by atoms with van der Waals surface area (Å²) in [6.07, 6.45) is 5.13. The van der Waals surface area contributed by atoms with Gasteiger partial charge >= 0.3 is 0 Å². The molecule has 0 aromatic heterocycles. The van der Waals surface area contributed by atoms with Gasteiger partial charge in [-0.25, -0.2) is 0 Å². The fourth-order valence-corrected chi connectivity index (χ4v) is 3.85. The maximum Gasteiger partial charge on any atom is 0.191 e. The molecule has 0 spiro atoms. The lowest BCUT2D eigenvalue weighted by Crippen LogP contribution is -2.38. The van der Waals surface area contributed by atoms with Crippen LogP contribution < -0.4 is 15.4 Å². The largest absolute Gasteiger partial charge is 0.491 e. The molecule has 1 fully saturated rings. The summed E-state index contributed by atoms with van der Waals surface area (Å²) in [7, 11) is 1.82. The lowest BCUT2D eigenvalue weighted by Gasteiger charge is -2.30. The minimum absolute atomic E-state index is 0. The molecule has 0 radical (unpaired) electrons.